The van der Waals surface area contributed by atoms with E-state index in [0.29, 0.717) is 0 Å². The van der Waals surface area contributed by atoms with Gasteiger partial charge in [0.2, 0.25) is 0 Å². The van der Waals surface area contributed by atoms with Gasteiger partial charge in [-0.05, 0) is 12.8 Å². The quantitative estimate of drug-likeness (QED) is 0.0161. The number of hydrogen-bond donors (Lipinski definition) is 5. The normalized spacial score (nSPS) is 15.0. The van der Waals surface area contributed by atoms with Gasteiger partial charge in [-0.1, -0.05) is 0 Å². The largest absolute Gasteiger partial charge is 1.00 e. The van der Waals surface area contributed by atoms with Crippen molar-refractivity contribution in [2.45, 2.75) is 91.6 Å². The summed E-state index contributed by atoms with van der Waals surface area (Å²) in [4.78, 5) is 11.2. The number of alkyl halides is 24. The van der Waals surface area contributed by atoms with Gasteiger partial charge in [0.15, 0.2) is 0 Å². The second kappa shape index (κ2) is 33.9. The summed E-state index contributed by atoms with van der Waals surface area (Å²) in [6, 6.07) is -3.43. The van der Waals surface area contributed by atoms with Gasteiger partial charge in [-0.3, -0.25) is 14.3 Å². The average molecular weight is 1170 g/mol. The summed E-state index contributed by atoms with van der Waals surface area (Å²) in [7, 11) is 0. The Labute approximate surface area is 457 Å². The third-order valence-electron chi connectivity index (χ3n) is 6.11. The van der Waals surface area contributed by atoms with E-state index in [9.17, 15) is 119 Å². The molecule has 5 N–H and O–H groups in total. The molecular weight excluding hydrogens is 1140 g/mol. The molecule has 0 saturated carbocycles. The Kier molecular flexibility index (Phi) is 39.3. The fourth-order valence-corrected chi connectivity index (χ4v) is 2.69. The molecule has 0 aromatic carbocycles. The van der Waals surface area contributed by atoms with Gasteiger partial charge in [0.1, 0.15) is 19.8 Å². The minimum atomic E-state index is -6.82. The van der Waals surface area contributed by atoms with Crippen molar-refractivity contribution >= 4 is 6.47 Å². The van der Waals surface area contributed by atoms with Crippen molar-refractivity contribution in [1.82, 2.24) is 0 Å². The first-order valence-corrected chi connectivity index (χ1v) is 16.1. The molecule has 0 bridgehead atoms. The SMILES string of the molecule is C1CCOC1.O=CO[O-].OCC(F)(F)C(F)(F)C(F)(F)OC(F)=C(F)F.OCC(F)(F)C(F)(F)C(F)(F)OC(F)C(F)(F)OCCOC(F)(F)C(F)OC(F)(F)C(F)(F)C(F)(F)CO.OCCO.[H-].[K+].[K+]. The molecule has 14 nitrogen and oxygen atoms in total. The molecule has 43 heteroatoms. The molecule has 414 valence electrons. The standard InChI is InChI=1S/C14H12F18O6.C6H3F9O2.C4H8O.C2H6O2.CH2O3.2K.H/c15-5(37-13(29,30)11(25,26)7(17,18)3-33)9(21,22)35-1-2-36-10(23,24)6(16)38-14(31,32)12(27,28)8(19,20)4-34;7-2(8)3(9)17-6(14,15)5(12,13)4(10,11)1-16;1-2-4-5-3-1;3-1-2-4;2-1-4-3;;;/h5-6,33-34H,1-4H2;16H,1H2;1-4H2;3-4H,1-2H2;1,3H;;;/q;;;;;2*+1;-1/p-1. The maximum atomic E-state index is 13.2. The van der Waals surface area contributed by atoms with Crippen molar-refractivity contribution in [2.24, 2.45) is 0 Å². The topological polar surface area (TPSA) is 206 Å². The molecule has 1 heterocycles. The van der Waals surface area contributed by atoms with Crippen LogP contribution in [0.15, 0.2) is 12.1 Å². The first-order valence-electron chi connectivity index (χ1n) is 16.1. The Bertz CT molecular complexity index is 1380. The van der Waals surface area contributed by atoms with Gasteiger partial charge in [0.05, 0.1) is 26.4 Å². The van der Waals surface area contributed by atoms with Gasteiger partial charge in [-0.15, -0.1) is 0 Å². The summed E-state index contributed by atoms with van der Waals surface area (Å²) in [5, 5.41) is 47.4. The van der Waals surface area contributed by atoms with Crippen LogP contribution in [0.2, 0.25) is 0 Å². The Morgan fingerprint density at radius 3 is 0.986 bits per heavy atom. The van der Waals surface area contributed by atoms with E-state index < -0.39 is 124 Å². The zero-order valence-electron chi connectivity index (χ0n) is 35.1. The van der Waals surface area contributed by atoms with Gasteiger partial charge in [-0.25, -0.2) is 8.78 Å². The van der Waals surface area contributed by atoms with Crippen LogP contribution in [-0.2, 0) is 38.1 Å². The second-order valence-corrected chi connectivity index (χ2v) is 11.1. The smallest absolute Gasteiger partial charge is 1.00 e. The molecule has 2 unspecified atom stereocenters. The van der Waals surface area contributed by atoms with Crippen LogP contribution in [0.4, 0.5) is 119 Å². The summed E-state index contributed by atoms with van der Waals surface area (Å²) >= 11 is 0. The zero-order chi connectivity index (χ0) is 55.2. The summed E-state index contributed by atoms with van der Waals surface area (Å²) in [5.41, 5.74) is 0. The minimum absolute atomic E-state index is 0. The Hall–Kier alpha value is -0.0473. The summed E-state index contributed by atoms with van der Waals surface area (Å²) in [5.74, 6) is -37.9. The Morgan fingerprint density at radius 2 is 0.800 bits per heavy atom. The molecule has 1 saturated heterocycles. The van der Waals surface area contributed by atoms with E-state index in [2.05, 4.69) is 28.6 Å². The molecule has 0 aliphatic carbocycles. The van der Waals surface area contributed by atoms with Gasteiger partial charge < -0.3 is 56.1 Å². The van der Waals surface area contributed by atoms with Crippen molar-refractivity contribution < 1.29 is 292 Å². The van der Waals surface area contributed by atoms with Crippen molar-refractivity contribution in [3.8, 4) is 0 Å². The van der Waals surface area contributed by atoms with E-state index in [1.165, 1.54) is 12.8 Å². The monoisotopic (exact) mass is 1170 g/mol. The van der Waals surface area contributed by atoms with E-state index in [4.69, 9.17) is 40.3 Å². The third-order valence-corrected chi connectivity index (χ3v) is 6.11. The molecule has 1 fully saturated rings. The van der Waals surface area contributed by atoms with Crippen LogP contribution in [0.1, 0.15) is 14.3 Å². The van der Waals surface area contributed by atoms with Crippen LogP contribution in [0, 0.1) is 0 Å². The molecule has 70 heavy (non-hydrogen) atoms. The first-order chi connectivity index (χ1) is 30.3. The number of carbonyl (C=O) groups excluding carboxylic acids is 1. The Morgan fingerprint density at radius 1 is 0.543 bits per heavy atom. The van der Waals surface area contributed by atoms with E-state index in [-0.39, 0.29) is 124 Å². The molecule has 2 atom stereocenters. The fourth-order valence-electron chi connectivity index (χ4n) is 2.69. The van der Waals surface area contributed by atoms with E-state index in [1.807, 2.05) is 0 Å². The number of aliphatic hydroxyl groups is 5. The number of aliphatic hydroxyl groups excluding tert-OH is 5. The number of carbonyl (C=O) groups is 1. The summed E-state index contributed by atoms with van der Waals surface area (Å²) < 4.78 is 360. The van der Waals surface area contributed by atoms with Crippen molar-refractivity contribution in [3.63, 3.8) is 0 Å². The van der Waals surface area contributed by atoms with Crippen LogP contribution in [0.5, 0.6) is 0 Å². The van der Waals surface area contributed by atoms with Crippen molar-refractivity contribution in [1.29, 1.82) is 0 Å². The van der Waals surface area contributed by atoms with Crippen molar-refractivity contribution in [2.75, 3.05) is 59.5 Å². The van der Waals surface area contributed by atoms with Crippen LogP contribution >= 0.6 is 0 Å². The molecule has 0 aromatic heterocycles. The van der Waals surface area contributed by atoms with Gasteiger partial charge in [-0.2, -0.15) is 110 Å². The second-order valence-electron chi connectivity index (χ2n) is 11.1. The average Bonchev–Trinajstić information content (AvgIpc) is 3.82. The molecule has 0 radical (unpaired) electrons. The van der Waals surface area contributed by atoms with E-state index in [0.717, 1.165) is 13.2 Å². The minimum Gasteiger partial charge on any atom is -1.00 e. The van der Waals surface area contributed by atoms with Gasteiger partial charge in [0.25, 0.3) is 19.2 Å². The number of rotatable bonds is 24. The summed E-state index contributed by atoms with van der Waals surface area (Å²) in [6.07, 6.45) is -42.8. The van der Waals surface area contributed by atoms with E-state index in [1.54, 1.807) is 0 Å². The molecule has 1 aliphatic heterocycles. The van der Waals surface area contributed by atoms with Crippen molar-refractivity contribution in [3.05, 3.63) is 12.1 Å². The van der Waals surface area contributed by atoms with Crippen LogP contribution in [0.25, 0.3) is 0 Å². The van der Waals surface area contributed by atoms with Crippen LogP contribution in [-0.4, -0.2) is 170 Å². The molecule has 1 rings (SSSR count). The maximum Gasteiger partial charge on any atom is 1.00 e. The summed E-state index contributed by atoms with van der Waals surface area (Å²) in [6.45, 7) is -11.7. The fraction of sp³-hybridized carbons (Fsp3) is 0.889. The predicted octanol–water partition coefficient (Wildman–Crippen LogP) is -0.242. The first kappa shape index (κ1) is 81.3. The molecular formula is C27H31F27K2O14. The molecule has 0 aromatic rings. The number of hydrogen-bond acceptors (Lipinski definition) is 14. The number of ether oxygens (including phenoxy) is 6. The zero-order valence-corrected chi connectivity index (χ0v) is 40.4. The van der Waals surface area contributed by atoms with Crippen LogP contribution in [0.3, 0.4) is 0 Å². The van der Waals surface area contributed by atoms with Crippen LogP contribution < -0.4 is 108 Å². The molecule has 0 amide bonds. The molecule has 1 aliphatic rings. The van der Waals surface area contributed by atoms with E-state index >= 15 is 0 Å². The third kappa shape index (κ3) is 25.2. The Balaban J connectivity index is -0.000000203. The van der Waals surface area contributed by atoms with Gasteiger partial charge >= 0.3 is 181 Å². The number of halogens is 27. The maximum absolute atomic E-state index is 13.2. The predicted molar refractivity (Wildman–Crippen MR) is 153 cm³/mol. The molecule has 0 spiro atoms. The van der Waals surface area contributed by atoms with Gasteiger partial charge in [0, 0.05) is 13.2 Å².